The van der Waals surface area contributed by atoms with E-state index in [4.69, 9.17) is 16.7 Å². The van der Waals surface area contributed by atoms with Gasteiger partial charge in [0, 0.05) is 22.9 Å². The van der Waals surface area contributed by atoms with Crippen molar-refractivity contribution in [3.05, 3.63) is 88.9 Å². The summed E-state index contributed by atoms with van der Waals surface area (Å²) in [5, 5.41) is 18.8. The number of allylic oxidation sites excluding steroid dienone is 8. The summed E-state index contributed by atoms with van der Waals surface area (Å²) in [7, 11) is 0. The van der Waals surface area contributed by atoms with Gasteiger partial charge in [-0.25, -0.2) is 4.39 Å². The molecule has 39 heavy (non-hydrogen) atoms. The number of hydrogen-bond donors (Lipinski definition) is 3. The zero-order chi connectivity index (χ0) is 29.5. The first-order chi connectivity index (χ1) is 18.5. The van der Waals surface area contributed by atoms with E-state index in [1.165, 1.54) is 18.1 Å². The Kier molecular flexibility index (Phi) is 14.8. The number of nitrogens with zero attached hydrogens (tertiary/aromatic N) is 1. The first-order valence-corrected chi connectivity index (χ1v) is 13.5. The molecule has 0 spiro atoms. The minimum absolute atomic E-state index is 0.0151. The molecule has 3 unspecified atom stereocenters. The molecule has 0 fully saturated rings. The van der Waals surface area contributed by atoms with Gasteiger partial charge in [-0.1, -0.05) is 83.2 Å². The van der Waals surface area contributed by atoms with E-state index in [2.05, 4.69) is 74.6 Å². The van der Waals surface area contributed by atoms with Crippen LogP contribution in [0.4, 0.5) is 4.39 Å². The van der Waals surface area contributed by atoms with Gasteiger partial charge in [-0.2, -0.15) is 5.10 Å². The number of carbonyl (C=O) groups is 2. The molecule has 3 atom stereocenters. The Hall–Kier alpha value is -3.45. The summed E-state index contributed by atoms with van der Waals surface area (Å²) in [6, 6.07) is 3.48. The summed E-state index contributed by atoms with van der Waals surface area (Å²) in [4.78, 5) is 19.2. The number of rotatable bonds is 10. The fourth-order valence-corrected chi connectivity index (χ4v) is 4.10. The van der Waals surface area contributed by atoms with Crippen molar-refractivity contribution in [1.29, 1.82) is 0 Å². The lowest BCUT2D eigenvalue weighted by Gasteiger charge is -2.27. The van der Waals surface area contributed by atoms with Crippen LogP contribution in [0.1, 0.15) is 64.1 Å². The number of carbonyl (C=O) groups excluding carboxylic acids is 1. The van der Waals surface area contributed by atoms with Gasteiger partial charge in [0.2, 0.25) is 6.41 Å². The molecule has 212 valence electrons. The van der Waals surface area contributed by atoms with Crippen LogP contribution in [-0.2, 0) is 9.59 Å². The number of nitrogens with one attached hydrogen (secondary N) is 2. The molecule has 0 aliphatic heterocycles. The number of benzene rings is 1. The number of halogens is 2. The number of aryl methyl sites for hydroxylation is 1. The van der Waals surface area contributed by atoms with Crippen LogP contribution in [0.15, 0.2) is 71.8 Å². The van der Waals surface area contributed by atoms with Gasteiger partial charge in [0.25, 0.3) is 0 Å². The lowest BCUT2D eigenvalue weighted by atomic mass is 9.77. The van der Waals surface area contributed by atoms with E-state index in [1.54, 1.807) is 6.08 Å². The molecular formula is C31H41ClFN3O3. The molecule has 1 aromatic heterocycles. The number of amides is 1. The third-order valence-corrected chi connectivity index (χ3v) is 6.04. The number of aromatic nitrogens is 2. The Labute approximate surface area is 236 Å². The second-order valence-electron chi connectivity index (χ2n) is 9.60. The van der Waals surface area contributed by atoms with Crippen LogP contribution in [0, 0.1) is 24.6 Å². The van der Waals surface area contributed by atoms with Crippen molar-refractivity contribution >= 4 is 34.9 Å². The normalized spacial score (nSPS) is 15.8. The van der Waals surface area contributed by atoms with Gasteiger partial charge in [-0.05, 0) is 60.1 Å². The molecule has 0 saturated heterocycles. The van der Waals surface area contributed by atoms with Gasteiger partial charge in [0.15, 0.2) is 5.82 Å². The summed E-state index contributed by atoms with van der Waals surface area (Å²) in [6.45, 7) is 18.7. The molecule has 0 saturated carbocycles. The highest BCUT2D eigenvalue weighted by Crippen LogP contribution is 2.40. The highest BCUT2D eigenvalue weighted by atomic mass is 35.5. The average Bonchev–Trinajstić information content (AvgIpc) is 3.28. The van der Waals surface area contributed by atoms with Crippen molar-refractivity contribution in [3.63, 3.8) is 0 Å². The summed E-state index contributed by atoms with van der Waals surface area (Å²) < 4.78 is 14.4. The quantitative estimate of drug-likeness (QED) is 0.158. The highest BCUT2D eigenvalue weighted by Gasteiger charge is 2.28. The van der Waals surface area contributed by atoms with Gasteiger partial charge in [-0.15, -0.1) is 0 Å². The summed E-state index contributed by atoms with van der Waals surface area (Å²) in [5.41, 5.74) is 4.21. The van der Waals surface area contributed by atoms with E-state index in [0.29, 0.717) is 22.9 Å². The highest BCUT2D eigenvalue weighted by molar-refractivity contribution is 6.30. The molecule has 8 heteroatoms. The number of fused-ring (bicyclic) bond motifs is 1. The SMILES string of the molecule is C=C(Cl)/C=C\C(=C)C(c1[nH]nc2c(F)cc(C)cc12)C(C)C1=CCC(C)C=C1.CCC.O=CNCCC(=O)O. The van der Waals surface area contributed by atoms with Crippen molar-refractivity contribution in [3.8, 4) is 0 Å². The van der Waals surface area contributed by atoms with E-state index in [-0.39, 0.29) is 30.6 Å². The van der Waals surface area contributed by atoms with Gasteiger partial charge in [0.1, 0.15) is 5.52 Å². The second kappa shape index (κ2) is 17.2. The molecule has 1 heterocycles. The van der Waals surface area contributed by atoms with Gasteiger partial charge in [0.05, 0.1) is 12.1 Å². The molecule has 1 amide bonds. The van der Waals surface area contributed by atoms with E-state index in [1.807, 2.05) is 19.1 Å². The van der Waals surface area contributed by atoms with Crippen LogP contribution in [0.3, 0.4) is 0 Å². The predicted octanol–water partition coefficient (Wildman–Crippen LogP) is 7.74. The Morgan fingerprint density at radius 1 is 1.33 bits per heavy atom. The van der Waals surface area contributed by atoms with Crippen molar-refractivity contribution in [2.75, 3.05) is 6.54 Å². The van der Waals surface area contributed by atoms with Crippen LogP contribution in [0.25, 0.3) is 10.9 Å². The third-order valence-electron chi connectivity index (χ3n) is 5.91. The summed E-state index contributed by atoms with van der Waals surface area (Å²) in [6.07, 6.45) is 13.0. The monoisotopic (exact) mass is 557 g/mol. The molecule has 2 aromatic rings. The van der Waals surface area contributed by atoms with Crippen molar-refractivity contribution < 1.29 is 19.1 Å². The van der Waals surface area contributed by atoms with Crippen molar-refractivity contribution in [2.24, 2.45) is 11.8 Å². The zero-order valence-electron chi connectivity index (χ0n) is 23.6. The van der Waals surface area contributed by atoms with Crippen molar-refractivity contribution in [1.82, 2.24) is 15.5 Å². The Bertz CT molecular complexity index is 1230. The fraction of sp³-hybridized carbons (Fsp3) is 0.387. The van der Waals surface area contributed by atoms with Crippen LogP contribution < -0.4 is 5.32 Å². The minimum Gasteiger partial charge on any atom is -0.481 e. The van der Waals surface area contributed by atoms with Crippen LogP contribution in [0.5, 0.6) is 0 Å². The molecule has 0 bridgehead atoms. The Balaban J connectivity index is 0.000000587. The van der Waals surface area contributed by atoms with Gasteiger partial charge in [-0.3, -0.25) is 14.7 Å². The largest absolute Gasteiger partial charge is 0.481 e. The molecule has 1 aliphatic rings. The number of carboxylic acids is 1. The number of H-pyrrole nitrogens is 1. The Morgan fingerprint density at radius 3 is 2.54 bits per heavy atom. The minimum atomic E-state index is -0.903. The first-order valence-electron chi connectivity index (χ1n) is 13.1. The maximum Gasteiger partial charge on any atom is 0.305 e. The zero-order valence-corrected chi connectivity index (χ0v) is 24.3. The standard InChI is InChI=1S/C24H26ClFN2.C4H7NO3.C3H8/c1-14-6-10-19(11-7-14)18(5)22(16(3)8-9-17(4)25)24-20-12-15(2)13-21(26)23(20)27-28-24;6-3-5-2-1-4(7)8;1-3-2/h6,8-14,18,22H,3-4,7H2,1-2,5H3,(H,27,28);3H,1-2H2,(H,5,6)(H,7,8);3H2,1-2H3/b9-8-;;. The van der Waals surface area contributed by atoms with E-state index in [0.717, 1.165) is 28.6 Å². The number of carboxylic acid groups (broad SMARTS) is 1. The van der Waals surface area contributed by atoms with E-state index < -0.39 is 5.97 Å². The number of aromatic amines is 1. The smallest absolute Gasteiger partial charge is 0.305 e. The fourth-order valence-electron chi connectivity index (χ4n) is 4.04. The van der Waals surface area contributed by atoms with E-state index >= 15 is 0 Å². The predicted molar refractivity (Wildman–Crippen MR) is 159 cm³/mol. The third kappa shape index (κ3) is 11.1. The lowest BCUT2D eigenvalue weighted by molar-refractivity contribution is -0.136. The second-order valence-corrected chi connectivity index (χ2v) is 10.1. The average molecular weight is 558 g/mol. The molecule has 1 aromatic carbocycles. The Morgan fingerprint density at radius 2 is 2.00 bits per heavy atom. The van der Waals surface area contributed by atoms with Crippen LogP contribution in [-0.4, -0.2) is 34.2 Å². The van der Waals surface area contributed by atoms with Gasteiger partial charge >= 0.3 is 5.97 Å². The summed E-state index contributed by atoms with van der Waals surface area (Å²) >= 11 is 5.92. The van der Waals surface area contributed by atoms with Crippen LogP contribution >= 0.6 is 11.6 Å². The molecule has 1 aliphatic carbocycles. The molecule has 0 radical (unpaired) electrons. The maximum atomic E-state index is 14.4. The van der Waals surface area contributed by atoms with E-state index in [9.17, 15) is 14.0 Å². The topological polar surface area (TPSA) is 95.1 Å². The molecule has 3 rings (SSSR count). The number of aliphatic carboxylic acids is 1. The van der Waals surface area contributed by atoms with Crippen LogP contribution in [0.2, 0.25) is 0 Å². The number of hydrogen-bond acceptors (Lipinski definition) is 3. The summed E-state index contributed by atoms with van der Waals surface area (Å²) in [5.74, 6) is -0.634. The lowest BCUT2D eigenvalue weighted by Crippen LogP contribution is -2.15. The van der Waals surface area contributed by atoms with Gasteiger partial charge < -0.3 is 10.4 Å². The van der Waals surface area contributed by atoms with Crippen molar-refractivity contribution in [2.45, 2.75) is 59.8 Å². The molecule has 3 N–H and O–H groups in total. The first kappa shape index (κ1) is 33.6. The maximum absolute atomic E-state index is 14.4. The molecular weight excluding hydrogens is 517 g/mol. The molecule has 6 nitrogen and oxygen atoms in total.